The third-order valence-corrected chi connectivity index (χ3v) is 10.6. The number of carbonyl (C=O) groups is 7. The van der Waals surface area contributed by atoms with Crippen LogP contribution in [0.15, 0.2) is 49.6 Å². The standard InChI is InChI=1S/C25H31N3O9.C18H28N2O6/c1-6-16-13-25(16,22(31)35-7-2)26-20(29)19-12-18(14-27(19)23(32)37-24(3,4)5)36-21(30)15-8-10-17(11-9-15)28(33)34;1-6-11-9-18(11,15(23)25-7-2)19-14(22)13-8-12(21)10-20(13)16(24)26-17(3,4)5/h6,8-11,16,18-19H,1,7,12-14H2,2-5H3,(H,26,29);6,11-13,21H,1,7-10H2,2-5H3,(H,19,22)/t16-,18+,19+,25-;11-,12-,13+,18-/m11/s1. The van der Waals surface area contributed by atoms with E-state index in [0.29, 0.717) is 12.8 Å². The van der Waals surface area contributed by atoms with Gasteiger partial charge in [0.05, 0.1) is 42.9 Å². The SMILES string of the molecule is C=C[C@@H]1C[C@]1(NC(=O)[C@@H]1C[C@@H](O)CN1C(=O)OC(C)(C)C)C(=O)OCC.C=C[C@@H]1C[C@]1(NC(=O)[C@@H]1C[C@H](OC(=O)c2ccc([N+](=O)[O-])cc2)CN1C(=O)OC(C)(C)C)C(=O)OCC. The molecule has 1 aromatic carbocycles. The van der Waals surface area contributed by atoms with Gasteiger partial charge in [0.25, 0.3) is 5.69 Å². The Morgan fingerprint density at radius 1 is 0.778 bits per heavy atom. The third-order valence-electron chi connectivity index (χ3n) is 10.6. The highest BCUT2D eigenvalue weighted by Crippen LogP contribution is 2.47. The molecule has 0 aromatic heterocycles. The van der Waals surface area contributed by atoms with Crippen LogP contribution >= 0.6 is 0 Å². The van der Waals surface area contributed by atoms with E-state index in [1.165, 1.54) is 34.1 Å². The quantitative estimate of drug-likeness (QED) is 0.0838. The lowest BCUT2D eigenvalue weighted by molar-refractivity contribution is -0.384. The monoisotopic (exact) mass is 885 g/mol. The zero-order chi connectivity index (χ0) is 47.2. The van der Waals surface area contributed by atoms with E-state index in [2.05, 4.69) is 23.8 Å². The molecule has 4 aliphatic rings. The van der Waals surface area contributed by atoms with Crippen LogP contribution in [-0.2, 0) is 42.9 Å². The zero-order valence-corrected chi connectivity index (χ0v) is 37.0. The third kappa shape index (κ3) is 12.1. The van der Waals surface area contributed by atoms with E-state index in [4.69, 9.17) is 23.7 Å². The maximum atomic E-state index is 13.3. The summed E-state index contributed by atoms with van der Waals surface area (Å²) in [4.78, 5) is 102. The number of β-amino-alcohol motifs (C(OH)–C–C–N with tert-alkyl or cyclic N) is 1. The second-order valence-electron chi connectivity index (χ2n) is 17.7. The first-order valence-corrected chi connectivity index (χ1v) is 20.7. The van der Waals surface area contributed by atoms with Crippen molar-refractivity contribution in [1.82, 2.24) is 20.4 Å². The molecule has 0 unspecified atom stereocenters. The summed E-state index contributed by atoms with van der Waals surface area (Å²) < 4.78 is 26.5. The molecule has 0 bridgehead atoms. The van der Waals surface area contributed by atoms with Gasteiger partial charge >= 0.3 is 30.1 Å². The van der Waals surface area contributed by atoms with Gasteiger partial charge in [-0.2, -0.15) is 0 Å². The Morgan fingerprint density at radius 2 is 1.21 bits per heavy atom. The van der Waals surface area contributed by atoms with Crippen molar-refractivity contribution in [2.45, 2.75) is 128 Å². The number of nitrogens with one attached hydrogen (secondary N) is 2. The summed E-state index contributed by atoms with van der Waals surface area (Å²) in [5.74, 6) is -3.52. The highest BCUT2D eigenvalue weighted by Gasteiger charge is 2.63. The van der Waals surface area contributed by atoms with Crippen LogP contribution in [0.25, 0.3) is 0 Å². The number of hydrogen-bond acceptors (Lipinski definition) is 15. The number of nitrogens with zero attached hydrogens (tertiary/aromatic N) is 3. The molecular formula is C43H59N5O15. The van der Waals surface area contributed by atoms with Crippen LogP contribution in [0.5, 0.6) is 0 Å². The molecule has 8 atom stereocenters. The average Bonchev–Trinajstić information content (AvgIpc) is 3.98. The summed E-state index contributed by atoms with van der Waals surface area (Å²) in [6.07, 6.45) is 0.799. The molecule has 4 amide bonds. The average molecular weight is 886 g/mol. The van der Waals surface area contributed by atoms with Crippen LogP contribution in [0.1, 0.15) is 91.4 Å². The lowest BCUT2D eigenvalue weighted by Crippen LogP contribution is -2.53. The van der Waals surface area contributed by atoms with Crippen molar-refractivity contribution in [3.8, 4) is 0 Å². The van der Waals surface area contributed by atoms with Gasteiger partial charge in [0.1, 0.15) is 40.5 Å². The number of nitro benzene ring substituents is 1. The number of carbonyl (C=O) groups excluding carboxylic acids is 7. The molecule has 2 aliphatic carbocycles. The minimum Gasteiger partial charge on any atom is -0.464 e. The largest absolute Gasteiger partial charge is 0.464 e. The van der Waals surface area contributed by atoms with Crippen molar-refractivity contribution in [2.24, 2.45) is 11.8 Å². The van der Waals surface area contributed by atoms with Crippen LogP contribution in [0.2, 0.25) is 0 Å². The van der Waals surface area contributed by atoms with Crippen molar-refractivity contribution in [2.75, 3.05) is 26.3 Å². The molecule has 0 spiro atoms. The van der Waals surface area contributed by atoms with Crippen LogP contribution in [0.3, 0.4) is 0 Å². The van der Waals surface area contributed by atoms with Gasteiger partial charge in [-0.25, -0.2) is 24.0 Å². The lowest BCUT2D eigenvalue weighted by atomic mass is 10.1. The number of nitro groups is 1. The lowest BCUT2D eigenvalue weighted by Gasteiger charge is -2.29. The Kier molecular flexibility index (Phi) is 15.4. The van der Waals surface area contributed by atoms with E-state index in [9.17, 15) is 48.8 Å². The van der Waals surface area contributed by atoms with E-state index in [1.54, 1.807) is 67.5 Å². The summed E-state index contributed by atoms with van der Waals surface area (Å²) in [5.41, 5.74) is -4.07. The number of ether oxygens (including phenoxy) is 5. The normalized spacial score (nSPS) is 27.0. The smallest absolute Gasteiger partial charge is 0.411 e. The second-order valence-corrected chi connectivity index (χ2v) is 17.7. The molecule has 4 fully saturated rings. The van der Waals surface area contributed by atoms with Gasteiger partial charge in [-0.1, -0.05) is 12.2 Å². The van der Waals surface area contributed by atoms with Crippen LogP contribution in [0.4, 0.5) is 15.3 Å². The molecule has 5 rings (SSSR count). The number of benzene rings is 1. The Labute approximate surface area is 365 Å². The number of aliphatic hydroxyl groups excluding tert-OH is 1. The number of likely N-dealkylation sites (tertiary alicyclic amines) is 2. The van der Waals surface area contributed by atoms with Gasteiger partial charge < -0.3 is 39.4 Å². The summed E-state index contributed by atoms with van der Waals surface area (Å²) >= 11 is 0. The summed E-state index contributed by atoms with van der Waals surface area (Å²) in [7, 11) is 0. The molecule has 346 valence electrons. The Morgan fingerprint density at radius 3 is 1.59 bits per heavy atom. The van der Waals surface area contributed by atoms with Crippen molar-refractivity contribution in [1.29, 1.82) is 0 Å². The summed E-state index contributed by atoms with van der Waals surface area (Å²) in [6, 6.07) is 2.89. The van der Waals surface area contributed by atoms with Crippen molar-refractivity contribution in [3.63, 3.8) is 0 Å². The molecule has 2 saturated carbocycles. The minimum atomic E-state index is -1.26. The van der Waals surface area contributed by atoms with E-state index in [0.717, 1.165) is 0 Å². The maximum absolute atomic E-state index is 13.3. The molecule has 2 heterocycles. The van der Waals surface area contributed by atoms with Gasteiger partial charge in [-0.3, -0.25) is 29.5 Å². The van der Waals surface area contributed by atoms with Gasteiger partial charge in [0, 0.05) is 36.8 Å². The highest BCUT2D eigenvalue weighted by molar-refractivity contribution is 5.96. The predicted molar refractivity (Wildman–Crippen MR) is 223 cm³/mol. The molecule has 0 radical (unpaired) electrons. The first-order valence-electron chi connectivity index (χ1n) is 20.7. The maximum Gasteiger partial charge on any atom is 0.411 e. The fourth-order valence-electron chi connectivity index (χ4n) is 7.31. The van der Waals surface area contributed by atoms with Gasteiger partial charge in [-0.05, 0) is 80.4 Å². The molecule has 2 aliphatic heterocycles. The summed E-state index contributed by atoms with van der Waals surface area (Å²) in [5, 5.41) is 26.2. The topological polar surface area (TPSA) is 260 Å². The van der Waals surface area contributed by atoms with Gasteiger partial charge in [-0.15, -0.1) is 13.2 Å². The fourth-order valence-corrected chi connectivity index (χ4v) is 7.31. The number of hydrogen-bond donors (Lipinski definition) is 3. The van der Waals surface area contributed by atoms with Crippen molar-refractivity contribution < 1.29 is 67.3 Å². The van der Waals surface area contributed by atoms with Crippen LogP contribution < -0.4 is 10.6 Å². The number of aliphatic hydroxyl groups is 1. The number of amides is 4. The van der Waals surface area contributed by atoms with Gasteiger partial charge in [0.2, 0.25) is 11.8 Å². The number of rotatable bonds is 13. The molecule has 3 N–H and O–H groups in total. The van der Waals surface area contributed by atoms with Crippen LogP contribution in [-0.4, -0.2) is 135 Å². The molecule has 63 heavy (non-hydrogen) atoms. The number of non-ortho nitro benzene ring substituents is 1. The van der Waals surface area contributed by atoms with Crippen LogP contribution in [0, 0.1) is 22.0 Å². The van der Waals surface area contributed by atoms with E-state index >= 15 is 0 Å². The molecular weight excluding hydrogens is 826 g/mol. The Balaban J connectivity index is 0.000000294. The zero-order valence-electron chi connectivity index (χ0n) is 37.0. The van der Waals surface area contributed by atoms with E-state index < -0.39 is 93.4 Å². The molecule has 2 saturated heterocycles. The molecule has 20 nitrogen and oxygen atoms in total. The molecule has 20 heteroatoms. The molecule has 1 aromatic rings. The van der Waals surface area contributed by atoms with E-state index in [-0.39, 0.29) is 62.2 Å². The highest BCUT2D eigenvalue weighted by atomic mass is 16.6. The first-order chi connectivity index (χ1) is 29.3. The second kappa shape index (κ2) is 19.6. The van der Waals surface area contributed by atoms with E-state index in [1.807, 2.05) is 0 Å². The van der Waals surface area contributed by atoms with Crippen molar-refractivity contribution >= 4 is 47.6 Å². The summed E-state index contributed by atoms with van der Waals surface area (Å²) in [6.45, 7) is 21.1. The van der Waals surface area contributed by atoms with Crippen molar-refractivity contribution in [3.05, 3.63) is 65.3 Å². The minimum absolute atomic E-state index is 0.00426. The Hall–Kier alpha value is -6.05. The fraction of sp³-hybridized carbons (Fsp3) is 0.605. The first kappa shape index (κ1) is 49.6. The predicted octanol–water partition coefficient (Wildman–Crippen LogP) is 3.73. The Bertz CT molecular complexity index is 1960. The number of esters is 3. The van der Waals surface area contributed by atoms with Gasteiger partial charge in [0.15, 0.2) is 0 Å².